The topological polar surface area (TPSA) is 48.0 Å². The minimum Gasteiger partial charge on any atom is -0.458 e. The molecule has 3 aromatic carbocycles. The summed E-state index contributed by atoms with van der Waals surface area (Å²) in [5.41, 5.74) is 5.48. The molecular formula is C27H22N2O2. The molecule has 0 fully saturated rings. The molecule has 0 atom stereocenters. The summed E-state index contributed by atoms with van der Waals surface area (Å²) in [6, 6.07) is 27.3. The number of imidazole rings is 1. The van der Waals surface area contributed by atoms with E-state index in [4.69, 9.17) is 9.40 Å². The van der Waals surface area contributed by atoms with Gasteiger partial charge in [0.05, 0.1) is 17.6 Å². The second-order valence-electron chi connectivity index (χ2n) is 7.76. The molecule has 2 aromatic heterocycles. The first-order chi connectivity index (χ1) is 15.1. The van der Waals surface area contributed by atoms with E-state index in [0.717, 1.165) is 28.4 Å². The zero-order valence-electron chi connectivity index (χ0n) is 17.5. The Morgan fingerprint density at radius 1 is 0.871 bits per heavy atom. The molecule has 0 N–H and O–H groups in total. The average Bonchev–Trinajstić information content (AvgIpc) is 3.38. The highest BCUT2D eigenvalue weighted by atomic mass is 16.3. The summed E-state index contributed by atoms with van der Waals surface area (Å²) in [5, 5.41) is 0. The third-order valence-electron chi connectivity index (χ3n) is 5.60. The molecule has 5 aromatic rings. The van der Waals surface area contributed by atoms with Crippen molar-refractivity contribution in [1.82, 2.24) is 9.55 Å². The summed E-state index contributed by atoms with van der Waals surface area (Å²) in [6.45, 7) is 4.67. The van der Waals surface area contributed by atoms with Crippen LogP contribution < -0.4 is 0 Å². The van der Waals surface area contributed by atoms with Crippen LogP contribution in [-0.4, -0.2) is 15.3 Å². The summed E-state index contributed by atoms with van der Waals surface area (Å²) < 4.78 is 8.04. The first-order valence-electron chi connectivity index (χ1n) is 10.3. The van der Waals surface area contributed by atoms with E-state index in [1.807, 2.05) is 79.7 Å². The molecule has 0 bridgehead atoms. The maximum Gasteiger partial charge on any atom is 0.193 e. The van der Waals surface area contributed by atoms with Crippen molar-refractivity contribution in [2.24, 2.45) is 0 Å². The number of hydrogen-bond acceptors (Lipinski definition) is 3. The molecule has 4 heteroatoms. The average molecular weight is 406 g/mol. The molecule has 152 valence electrons. The number of furan rings is 1. The van der Waals surface area contributed by atoms with E-state index < -0.39 is 0 Å². The maximum atomic E-state index is 13.0. The van der Waals surface area contributed by atoms with E-state index in [0.29, 0.717) is 17.7 Å². The first-order valence-corrected chi connectivity index (χ1v) is 10.3. The lowest BCUT2D eigenvalue weighted by molar-refractivity contribution is 0.103. The Labute approximate surface area is 180 Å². The summed E-state index contributed by atoms with van der Waals surface area (Å²) in [6.07, 6.45) is 0. The molecule has 2 heterocycles. The fourth-order valence-corrected chi connectivity index (χ4v) is 3.88. The predicted octanol–water partition coefficient (Wildman–Crippen LogP) is 6.19. The molecule has 0 radical (unpaired) electrons. The van der Waals surface area contributed by atoms with Crippen LogP contribution >= 0.6 is 0 Å². The van der Waals surface area contributed by atoms with Crippen molar-refractivity contribution in [3.8, 4) is 11.6 Å². The van der Waals surface area contributed by atoms with Crippen LogP contribution in [0.1, 0.15) is 32.8 Å². The van der Waals surface area contributed by atoms with Crippen LogP contribution in [0.2, 0.25) is 0 Å². The molecule has 0 unspecified atom stereocenters. The van der Waals surface area contributed by atoms with Crippen LogP contribution in [0.3, 0.4) is 0 Å². The van der Waals surface area contributed by atoms with Gasteiger partial charge in [0.25, 0.3) is 0 Å². The van der Waals surface area contributed by atoms with Crippen molar-refractivity contribution in [1.29, 1.82) is 0 Å². The van der Waals surface area contributed by atoms with Crippen LogP contribution in [0.5, 0.6) is 0 Å². The molecule has 0 aliphatic rings. The molecule has 0 saturated heterocycles. The predicted molar refractivity (Wildman–Crippen MR) is 122 cm³/mol. The van der Waals surface area contributed by atoms with Gasteiger partial charge in [0.1, 0.15) is 5.76 Å². The number of carbonyl (C=O) groups is 1. The Hall–Kier alpha value is -3.92. The van der Waals surface area contributed by atoms with Crippen molar-refractivity contribution in [2.45, 2.75) is 20.4 Å². The SMILES string of the molecule is Cc1ccc(-c2nc3ccc(C(=O)c4ccccc4)cc3n2Cc2ccccc2C)o1. The smallest absolute Gasteiger partial charge is 0.193 e. The minimum atomic E-state index is 0.00142. The molecular weight excluding hydrogens is 384 g/mol. The molecule has 4 nitrogen and oxygen atoms in total. The molecule has 0 aliphatic carbocycles. The maximum absolute atomic E-state index is 13.0. The summed E-state index contributed by atoms with van der Waals surface area (Å²) in [7, 11) is 0. The van der Waals surface area contributed by atoms with E-state index in [-0.39, 0.29) is 5.78 Å². The van der Waals surface area contributed by atoms with Gasteiger partial charge in [-0.3, -0.25) is 4.79 Å². The molecule has 0 aliphatic heterocycles. The zero-order chi connectivity index (χ0) is 21.4. The normalized spacial score (nSPS) is 11.2. The standard InChI is InChI=1S/C27H22N2O2/c1-18-8-6-7-11-22(18)17-29-24-16-21(26(30)20-9-4-3-5-10-20)13-14-23(24)28-27(29)25-15-12-19(2)31-25/h3-16H,17H2,1-2H3. The number of ketones is 1. The van der Waals surface area contributed by atoms with E-state index in [1.165, 1.54) is 11.1 Å². The second-order valence-corrected chi connectivity index (χ2v) is 7.76. The summed E-state index contributed by atoms with van der Waals surface area (Å²) in [4.78, 5) is 17.9. The van der Waals surface area contributed by atoms with Crippen LogP contribution in [0.15, 0.2) is 89.3 Å². The van der Waals surface area contributed by atoms with Gasteiger partial charge in [0.2, 0.25) is 0 Å². The summed E-state index contributed by atoms with van der Waals surface area (Å²) in [5.74, 6) is 2.32. The van der Waals surface area contributed by atoms with E-state index >= 15 is 0 Å². The monoisotopic (exact) mass is 406 g/mol. The number of fused-ring (bicyclic) bond motifs is 1. The Balaban J connectivity index is 1.68. The van der Waals surface area contributed by atoms with Gasteiger partial charge in [-0.15, -0.1) is 0 Å². The van der Waals surface area contributed by atoms with Gasteiger partial charge in [0, 0.05) is 11.1 Å². The Kier molecular flexibility index (Phi) is 4.75. The van der Waals surface area contributed by atoms with Gasteiger partial charge in [-0.1, -0.05) is 54.6 Å². The van der Waals surface area contributed by atoms with Crippen molar-refractivity contribution in [3.05, 3.63) is 113 Å². The van der Waals surface area contributed by atoms with Gasteiger partial charge < -0.3 is 8.98 Å². The minimum absolute atomic E-state index is 0.00142. The number of aromatic nitrogens is 2. The van der Waals surface area contributed by atoms with Crippen molar-refractivity contribution >= 4 is 16.8 Å². The van der Waals surface area contributed by atoms with Gasteiger partial charge in [-0.2, -0.15) is 0 Å². The third kappa shape index (κ3) is 3.57. The molecule has 0 saturated carbocycles. The van der Waals surface area contributed by atoms with Gasteiger partial charge in [-0.05, 0) is 55.3 Å². The lowest BCUT2D eigenvalue weighted by Gasteiger charge is -2.11. The third-order valence-corrected chi connectivity index (χ3v) is 5.60. The lowest BCUT2D eigenvalue weighted by Crippen LogP contribution is -2.05. The van der Waals surface area contributed by atoms with E-state index in [2.05, 4.69) is 23.6 Å². The summed E-state index contributed by atoms with van der Waals surface area (Å²) >= 11 is 0. The number of nitrogens with zero attached hydrogens (tertiary/aromatic N) is 2. The van der Waals surface area contributed by atoms with Crippen LogP contribution in [0.4, 0.5) is 0 Å². The lowest BCUT2D eigenvalue weighted by atomic mass is 10.0. The quantitative estimate of drug-likeness (QED) is 0.327. The highest BCUT2D eigenvalue weighted by Crippen LogP contribution is 2.29. The molecule has 0 amide bonds. The molecule has 5 rings (SSSR count). The number of carbonyl (C=O) groups excluding carboxylic acids is 1. The van der Waals surface area contributed by atoms with Gasteiger partial charge in [-0.25, -0.2) is 4.98 Å². The van der Waals surface area contributed by atoms with Crippen LogP contribution in [-0.2, 0) is 6.54 Å². The van der Waals surface area contributed by atoms with Crippen LogP contribution in [0, 0.1) is 13.8 Å². The second kappa shape index (κ2) is 7.73. The largest absolute Gasteiger partial charge is 0.458 e. The van der Waals surface area contributed by atoms with E-state index in [1.54, 1.807) is 0 Å². The highest BCUT2D eigenvalue weighted by molar-refractivity contribution is 6.10. The first kappa shape index (κ1) is 19.1. The fourth-order valence-electron chi connectivity index (χ4n) is 3.88. The van der Waals surface area contributed by atoms with Crippen molar-refractivity contribution in [2.75, 3.05) is 0 Å². The number of hydrogen-bond donors (Lipinski definition) is 0. The van der Waals surface area contributed by atoms with Crippen LogP contribution in [0.25, 0.3) is 22.6 Å². The number of benzene rings is 3. The Morgan fingerprint density at radius 2 is 1.65 bits per heavy atom. The highest BCUT2D eigenvalue weighted by Gasteiger charge is 2.18. The number of aryl methyl sites for hydroxylation is 2. The Bertz CT molecular complexity index is 1390. The number of rotatable bonds is 5. The fraction of sp³-hybridized carbons (Fsp3) is 0.111. The van der Waals surface area contributed by atoms with Gasteiger partial charge >= 0.3 is 0 Å². The van der Waals surface area contributed by atoms with Crippen molar-refractivity contribution < 1.29 is 9.21 Å². The van der Waals surface area contributed by atoms with E-state index in [9.17, 15) is 4.79 Å². The molecule has 0 spiro atoms. The zero-order valence-corrected chi connectivity index (χ0v) is 17.5. The molecule has 31 heavy (non-hydrogen) atoms. The Morgan fingerprint density at radius 3 is 2.39 bits per heavy atom. The van der Waals surface area contributed by atoms with Crippen molar-refractivity contribution in [3.63, 3.8) is 0 Å². The van der Waals surface area contributed by atoms with Gasteiger partial charge in [0.15, 0.2) is 17.4 Å².